The molecule has 2 N–H and O–H groups in total. The molecule has 0 bridgehead atoms. The summed E-state index contributed by atoms with van der Waals surface area (Å²) >= 11 is 0. The van der Waals surface area contributed by atoms with Crippen LogP contribution >= 0.6 is 0 Å². The highest BCUT2D eigenvalue weighted by atomic mass is 19.2. The van der Waals surface area contributed by atoms with Crippen LogP contribution in [0.1, 0.15) is 26.4 Å². The van der Waals surface area contributed by atoms with Gasteiger partial charge in [-0.15, -0.1) is 0 Å². The molecule has 142 valence electrons. The lowest BCUT2D eigenvalue weighted by Crippen LogP contribution is -2.24. The van der Waals surface area contributed by atoms with Crippen molar-refractivity contribution in [3.05, 3.63) is 95.1 Å². The van der Waals surface area contributed by atoms with Crippen LogP contribution in [0.15, 0.2) is 60.8 Å². The molecule has 0 aliphatic rings. The normalized spacial score (nSPS) is 10.4. The van der Waals surface area contributed by atoms with E-state index in [1.165, 1.54) is 30.5 Å². The monoisotopic (exact) mass is 385 g/mol. The van der Waals surface area contributed by atoms with Gasteiger partial charge in [-0.2, -0.15) is 0 Å². The number of aromatic nitrogens is 1. The number of anilines is 1. The Morgan fingerprint density at radius 3 is 2.39 bits per heavy atom. The lowest BCUT2D eigenvalue weighted by molar-refractivity contribution is 0.0950. The van der Waals surface area contributed by atoms with Gasteiger partial charge in [0.15, 0.2) is 11.6 Å². The number of halogens is 3. The zero-order chi connectivity index (χ0) is 20.1. The third-order valence-electron chi connectivity index (χ3n) is 3.83. The first-order valence-electron chi connectivity index (χ1n) is 8.18. The van der Waals surface area contributed by atoms with Crippen molar-refractivity contribution in [3.8, 4) is 0 Å². The van der Waals surface area contributed by atoms with Crippen molar-refractivity contribution in [2.24, 2.45) is 0 Å². The maximum atomic E-state index is 13.6. The molecule has 28 heavy (non-hydrogen) atoms. The minimum atomic E-state index is -1.10. The van der Waals surface area contributed by atoms with Crippen molar-refractivity contribution in [2.75, 3.05) is 5.32 Å². The first-order valence-corrected chi connectivity index (χ1v) is 8.18. The molecule has 3 rings (SSSR count). The Kier molecular flexibility index (Phi) is 5.69. The minimum absolute atomic E-state index is 0.0236. The number of nitrogens with zero attached hydrogens (tertiary/aromatic N) is 1. The first kappa shape index (κ1) is 19.1. The van der Waals surface area contributed by atoms with Crippen molar-refractivity contribution >= 4 is 17.5 Å². The molecule has 0 saturated carbocycles. The number of carbonyl (C=O) groups is 2. The predicted molar refractivity (Wildman–Crippen MR) is 96.1 cm³/mol. The van der Waals surface area contributed by atoms with E-state index in [9.17, 15) is 22.8 Å². The number of nitrogens with one attached hydrogen (secondary N) is 2. The van der Waals surface area contributed by atoms with Crippen LogP contribution in [-0.2, 0) is 6.54 Å². The van der Waals surface area contributed by atoms with E-state index < -0.39 is 29.3 Å². The van der Waals surface area contributed by atoms with Crippen LogP contribution < -0.4 is 10.6 Å². The second kappa shape index (κ2) is 8.34. The fourth-order valence-corrected chi connectivity index (χ4v) is 2.38. The zero-order valence-corrected chi connectivity index (χ0v) is 14.4. The number of benzene rings is 2. The highest BCUT2D eigenvalue weighted by molar-refractivity contribution is 6.04. The maximum Gasteiger partial charge on any atom is 0.274 e. The van der Waals surface area contributed by atoms with E-state index in [-0.39, 0.29) is 23.5 Å². The molecule has 8 heteroatoms. The van der Waals surface area contributed by atoms with E-state index in [0.29, 0.717) is 5.56 Å². The molecule has 2 amide bonds. The Hall–Kier alpha value is -3.68. The van der Waals surface area contributed by atoms with Gasteiger partial charge in [0.1, 0.15) is 11.5 Å². The molecule has 2 aromatic carbocycles. The number of carbonyl (C=O) groups excluding carboxylic acids is 2. The van der Waals surface area contributed by atoms with Crippen molar-refractivity contribution in [3.63, 3.8) is 0 Å². The van der Waals surface area contributed by atoms with Crippen LogP contribution in [0.2, 0.25) is 0 Å². The standard InChI is InChI=1S/C20H14F3N3O2/c21-15-4-2-1-3-13(15)11-25-19(27)12-7-8-24-18(9-12)20(28)26-14-5-6-16(22)17(23)10-14/h1-10H,11H2,(H,25,27)(H,26,28). The van der Waals surface area contributed by atoms with Crippen molar-refractivity contribution in [2.45, 2.75) is 6.54 Å². The topological polar surface area (TPSA) is 71.1 Å². The summed E-state index contributed by atoms with van der Waals surface area (Å²) in [4.78, 5) is 28.4. The van der Waals surface area contributed by atoms with Crippen molar-refractivity contribution < 1.29 is 22.8 Å². The Morgan fingerprint density at radius 1 is 0.857 bits per heavy atom. The fraction of sp³-hybridized carbons (Fsp3) is 0.0500. The third kappa shape index (κ3) is 4.53. The molecule has 0 radical (unpaired) electrons. The van der Waals surface area contributed by atoms with Crippen LogP contribution in [0, 0.1) is 17.5 Å². The van der Waals surface area contributed by atoms with Gasteiger partial charge in [0, 0.05) is 35.6 Å². The highest BCUT2D eigenvalue weighted by Gasteiger charge is 2.13. The molecule has 0 atom stereocenters. The van der Waals surface area contributed by atoms with Crippen LogP contribution in [0.4, 0.5) is 18.9 Å². The van der Waals surface area contributed by atoms with Crippen LogP contribution in [0.5, 0.6) is 0 Å². The van der Waals surface area contributed by atoms with E-state index >= 15 is 0 Å². The number of hydrogen-bond donors (Lipinski definition) is 2. The fourth-order valence-electron chi connectivity index (χ4n) is 2.38. The average Bonchev–Trinajstić information content (AvgIpc) is 2.70. The van der Waals surface area contributed by atoms with Gasteiger partial charge in [-0.25, -0.2) is 13.2 Å². The van der Waals surface area contributed by atoms with E-state index in [1.54, 1.807) is 18.2 Å². The summed E-state index contributed by atoms with van der Waals surface area (Å²) in [6.45, 7) is -0.0236. The quantitative estimate of drug-likeness (QED) is 0.704. The molecule has 1 heterocycles. The van der Waals surface area contributed by atoms with Crippen molar-refractivity contribution in [1.82, 2.24) is 10.3 Å². The number of hydrogen-bond acceptors (Lipinski definition) is 3. The molecule has 1 aromatic heterocycles. The minimum Gasteiger partial charge on any atom is -0.348 e. The summed E-state index contributed by atoms with van der Waals surface area (Å²) in [5, 5.41) is 4.92. The number of amides is 2. The van der Waals surface area contributed by atoms with Gasteiger partial charge in [-0.1, -0.05) is 18.2 Å². The lowest BCUT2D eigenvalue weighted by Gasteiger charge is -2.08. The summed E-state index contributed by atoms with van der Waals surface area (Å²) < 4.78 is 39.8. The lowest BCUT2D eigenvalue weighted by atomic mass is 10.2. The van der Waals surface area contributed by atoms with E-state index in [2.05, 4.69) is 15.6 Å². The second-order valence-electron chi connectivity index (χ2n) is 5.79. The average molecular weight is 385 g/mol. The van der Waals surface area contributed by atoms with E-state index in [0.717, 1.165) is 12.1 Å². The zero-order valence-electron chi connectivity index (χ0n) is 14.4. The first-order chi connectivity index (χ1) is 13.4. The van der Waals surface area contributed by atoms with Gasteiger partial charge in [0.2, 0.25) is 0 Å². The van der Waals surface area contributed by atoms with Crippen molar-refractivity contribution in [1.29, 1.82) is 0 Å². The summed E-state index contributed by atoms with van der Waals surface area (Å²) in [6, 6.07) is 11.6. The summed E-state index contributed by atoms with van der Waals surface area (Å²) in [6.07, 6.45) is 1.26. The van der Waals surface area contributed by atoms with Crippen LogP contribution in [0.3, 0.4) is 0 Å². The Labute approximate surface area is 158 Å². The van der Waals surface area contributed by atoms with Crippen LogP contribution in [0.25, 0.3) is 0 Å². The molecule has 0 aliphatic carbocycles. The van der Waals surface area contributed by atoms with Gasteiger partial charge in [-0.3, -0.25) is 14.6 Å². The molecule has 5 nitrogen and oxygen atoms in total. The Morgan fingerprint density at radius 2 is 1.64 bits per heavy atom. The molecule has 3 aromatic rings. The van der Waals surface area contributed by atoms with Gasteiger partial charge < -0.3 is 10.6 Å². The summed E-state index contributed by atoms with van der Waals surface area (Å²) in [5.41, 5.74) is 0.409. The van der Waals surface area contributed by atoms with Gasteiger partial charge >= 0.3 is 0 Å². The molecular formula is C20H14F3N3O2. The molecule has 0 unspecified atom stereocenters. The number of rotatable bonds is 5. The number of pyridine rings is 1. The Bertz CT molecular complexity index is 1040. The highest BCUT2D eigenvalue weighted by Crippen LogP contribution is 2.14. The summed E-state index contributed by atoms with van der Waals surface area (Å²) in [7, 11) is 0. The molecule has 0 fully saturated rings. The van der Waals surface area contributed by atoms with Gasteiger partial charge in [0.05, 0.1) is 0 Å². The third-order valence-corrected chi connectivity index (χ3v) is 3.83. The second-order valence-corrected chi connectivity index (χ2v) is 5.79. The molecule has 0 aliphatic heterocycles. The Balaban J connectivity index is 1.68. The molecular weight excluding hydrogens is 371 g/mol. The largest absolute Gasteiger partial charge is 0.348 e. The van der Waals surface area contributed by atoms with E-state index in [4.69, 9.17) is 0 Å². The molecule has 0 saturated heterocycles. The molecule has 0 spiro atoms. The maximum absolute atomic E-state index is 13.6. The van der Waals surface area contributed by atoms with Gasteiger partial charge in [-0.05, 0) is 30.3 Å². The summed E-state index contributed by atoms with van der Waals surface area (Å²) in [5.74, 6) is -3.80. The van der Waals surface area contributed by atoms with E-state index in [1.807, 2.05) is 0 Å². The van der Waals surface area contributed by atoms with Crippen LogP contribution in [-0.4, -0.2) is 16.8 Å². The SMILES string of the molecule is O=C(NCc1ccccc1F)c1ccnc(C(=O)Nc2ccc(F)c(F)c2)c1. The smallest absolute Gasteiger partial charge is 0.274 e. The van der Waals surface area contributed by atoms with Gasteiger partial charge in [0.25, 0.3) is 11.8 Å². The predicted octanol–water partition coefficient (Wildman–Crippen LogP) is 3.68.